The van der Waals surface area contributed by atoms with Crippen LogP contribution in [0.4, 0.5) is 11.4 Å². The second kappa shape index (κ2) is 6.09. The van der Waals surface area contributed by atoms with Crippen LogP contribution < -0.4 is 16.0 Å². The number of rotatable bonds is 2. The van der Waals surface area contributed by atoms with E-state index in [0.717, 1.165) is 54.0 Å². The number of aryl methyl sites for hydroxylation is 1. The zero-order valence-corrected chi connectivity index (χ0v) is 13.2. The summed E-state index contributed by atoms with van der Waals surface area (Å²) in [5.41, 5.74) is 5.02. The van der Waals surface area contributed by atoms with E-state index in [1.807, 2.05) is 12.1 Å². The Labute approximate surface area is 139 Å². The molecular formula is C17H19N5O2. The quantitative estimate of drug-likeness (QED) is 0.674. The summed E-state index contributed by atoms with van der Waals surface area (Å²) in [4.78, 5) is 24.1. The molecule has 0 aliphatic carbocycles. The van der Waals surface area contributed by atoms with Crippen LogP contribution in [0.5, 0.6) is 0 Å². The first-order valence-electron chi connectivity index (χ1n) is 8.21. The average Bonchev–Trinajstić information content (AvgIpc) is 2.92. The molecule has 1 aromatic heterocycles. The van der Waals surface area contributed by atoms with Gasteiger partial charge in [-0.3, -0.25) is 14.7 Å². The van der Waals surface area contributed by atoms with Crippen molar-refractivity contribution in [2.45, 2.75) is 32.2 Å². The largest absolute Gasteiger partial charge is 0.326 e. The fourth-order valence-electron chi connectivity index (χ4n) is 3.26. The molecule has 0 bridgehead atoms. The monoisotopic (exact) mass is 325 g/mol. The van der Waals surface area contributed by atoms with Crippen LogP contribution in [-0.2, 0) is 24.2 Å². The maximum atomic E-state index is 12.5. The molecule has 3 heterocycles. The van der Waals surface area contributed by atoms with Crippen molar-refractivity contribution < 1.29 is 9.59 Å². The molecule has 24 heavy (non-hydrogen) atoms. The van der Waals surface area contributed by atoms with Crippen molar-refractivity contribution in [3.63, 3.8) is 0 Å². The number of nitrogens with one attached hydrogen (secondary N) is 4. The van der Waals surface area contributed by atoms with Gasteiger partial charge >= 0.3 is 0 Å². The second-order valence-electron chi connectivity index (χ2n) is 6.18. The molecule has 2 amide bonds. The number of anilines is 2. The van der Waals surface area contributed by atoms with Crippen LogP contribution in [0.3, 0.4) is 0 Å². The number of carbonyl (C=O) groups excluding carboxylic acids is 2. The molecule has 7 nitrogen and oxygen atoms in total. The molecule has 0 atom stereocenters. The highest BCUT2D eigenvalue weighted by Gasteiger charge is 2.22. The van der Waals surface area contributed by atoms with Crippen LogP contribution in [-0.4, -0.2) is 28.6 Å². The molecule has 4 N–H and O–H groups in total. The van der Waals surface area contributed by atoms with E-state index in [2.05, 4.69) is 26.1 Å². The lowest BCUT2D eigenvalue weighted by molar-refractivity contribution is -0.116. The van der Waals surface area contributed by atoms with Gasteiger partial charge in [0.05, 0.1) is 0 Å². The predicted molar refractivity (Wildman–Crippen MR) is 90.0 cm³/mol. The van der Waals surface area contributed by atoms with Crippen LogP contribution in [0.25, 0.3) is 0 Å². The highest BCUT2D eigenvalue weighted by Crippen LogP contribution is 2.26. The molecular weight excluding hydrogens is 306 g/mol. The fraction of sp³-hybridized carbons (Fsp3) is 0.353. The molecule has 2 aliphatic heterocycles. The molecule has 0 fully saturated rings. The maximum absolute atomic E-state index is 12.5. The zero-order chi connectivity index (χ0) is 16.5. The summed E-state index contributed by atoms with van der Waals surface area (Å²) in [7, 11) is 0. The number of hydrogen-bond acceptors (Lipinski definition) is 4. The smallest absolute Gasteiger partial charge is 0.276 e. The van der Waals surface area contributed by atoms with E-state index >= 15 is 0 Å². The number of amides is 2. The van der Waals surface area contributed by atoms with E-state index in [1.54, 1.807) is 6.07 Å². The Morgan fingerprint density at radius 3 is 3.04 bits per heavy atom. The van der Waals surface area contributed by atoms with Crippen molar-refractivity contribution in [1.82, 2.24) is 15.5 Å². The number of hydrogen-bond donors (Lipinski definition) is 4. The Balaban J connectivity index is 1.55. The number of nitrogens with zero attached hydrogens (tertiary/aromatic N) is 1. The van der Waals surface area contributed by atoms with Crippen LogP contribution in [0.1, 0.15) is 40.2 Å². The number of aromatic nitrogens is 2. The van der Waals surface area contributed by atoms with Gasteiger partial charge in [0.25, 0.3) is 5.91 Å². The van der Waals surface area contributed by atoms with Gasteiger partial charge in [0, 0.05) is 48.6 Å². The van der Waals surface area contributed by atoms with E-state index in [9.17, 15) is 9.59 Å². The topological polar surface area (TPSA) is 98.9 Å². The second-order valence-corrected chi connectivity index (χ2v) is 6.18. The number of benzene rings is 1. The number of aromatic amines is 1. The van der Waals surface area contributed by atoms with Crippen molar-refractivity contribution in [2.75, 3.05) is 17.2 Å². The molecule has 0 spiro atoms. The zero-order valence-electron chi connectivity index (χ0n) is 13.2. The molecule has 2 aliphatic rings. The molecule has 124 valence electrons. The highest BCUT2D eigenvalue weighted by molar-refractivity contribution is 6.04. The Morgan fingerprint density at radius 1 is 1.21 bits per heavy atom. The van der Waals surface area contributed by atoms with Gasteiger partial charge in [-0.25, -0.2) is 0 Å². The summed E-state index contributed by atoms with van der Waals surface area (Å²) in [6.45, 7) is 1.55. The Morgan fingerprint density at radius 2 is 2.12 bits per heavy atom. The number of carbonyl (C=O) groups is 2. The fourth-order valence-corrected chi connectivity index (χ4v) is 3.26. The van der Waals surface area contributed by atoms with Gasteiger partial charge in [-0.1, -0.05) is 0 Å². The Bertz CT molecular complexity index is 811. The minimum atomic E-state index is -0.214. The Hall–Kier alpha value is -2.67. The third kappa shape index (κ3) is 2.78. The van der Waals surface area contributed by atoms with E-state index in [4.69, 9.17) is 0 Å². The highest BCUT2D eigenvalue weighted by atomic mass is 16.2. The molecule has 0 saturated carbocycles. The molecule has 4 rings (SSSR count). The van der Waals surface area contributed by atoms with Crippen molar-refractivity contribution in [3.8, 4) is 0 Å². The van der Waals surface area contributed by atoms with Crippen molar-refractivity contribution in [1.29, 1.82) is 0 Å². The lowest BCUT2D eigenvalue weighted by Gasteiger charge is -2.13. The van der Waals surface area contributed by atoms with Crippen LogP contribution in [0.15, 0.2) is 18.2 Å². The van der Waals surface area contributed by atoms with Crippen molar-refractivity contribution >= 4 is 23.2 Å². The molecule has 0 radical (unpaired) electrons. The third-order valence-electron chi connectivity index (χ3n) is 4.51. The normalized spacial score (nSPS) is 16.6. The molecule has 0 saturated heterocycles. The third-order valence-corrected chi connectivity index (χ3v) is 4.51. The Kier molecular flexibility index (Phi) is 3.78. The van der Waals surface area contributed by atoms with Gasteiger partial charge in [-0.2, -0.15) is 5.10 Å². The van der Waals surface area contributed by atoms with E-state index in [-0.39, 0.29) is 11.8 Å². The number of fused-ring (bicyclic) bond motifs is 2. The first-order valence-corrected chi connectivity index (χ1v) is 8.21. The summed E-state index contributed by atoms with van der Waals surface area (Å²) in [6, 6.07) is 5.58. The van der Waals surface area contributed by atoms with Crippen molar-refractivity contribution in [3.05, 3.63) is 40.7 Å². The lowest BCUT2D eigenvalue weighted by atomic mass is 10.1. The van der Waals surface area contributed by atoms with Gasteiger partial charge in [0.15, 0.2) is 5.69 Å². The lowest BCUT2D eigenvalue weighted by Crippen LogP contribution is -2.25. The van der Waals surface area contributed by atoms with Crippen LogP contribution in [0.2, 0.25) is 0 Å². The maximum Gasteiger partial charge on any atom is 0.276 e. The summed E-state index contributed by atoms with van der Waals surface area (Å²) >= 11 is 0. The average molecular weight is 325 g/mol. The summed E-state index contributed by atoms with van der Waals surface area (Å²) in [5, 5.41) is 16.2. The van der Waals surface area contributed by atoms with Gasteiger partial charge < -0.3 is 16.0 Å². The first kappa shape index (κ1) is 14.9. The molecule has 7 heteroatoms. The molecule has 1 aromatic carbocycles. The van der Waals surface area contributed by atoms with Gasteiger partial charge in [0.1, 0.15) is 0 Å². The van der Waals surface area contributed by atoms with E-state index < -0.39 is 0 Å². The molecule has 0 unspecified atom stereocenters. The number of H-pyrrole nitrogens is 1. The minimum absolute atomic E-state index is 0.0428. The minimum Gasteiger partial charge on any atom is -0.326 e. The van der Waals surface area contributed by atoms with Crippen molar-refractivity contribution in [2.24, 2.45) is 0 Å². The molecule has 2 aromatic rings. The van der Waals surface area contributed by atoms with Gasteiger partial charge in [-0.15, -0.1) is 0 Å². The summed E-state index contributed by atoms with van der Waals surface area (Å²) < 4.78 is 0. The van der Waals surface area contributed by atoms with Crippen LogP contribution in [0, 0.1) is 0 Å². The summed E-state index contributed by atoms with van der Waals surface area (Å²) in [5.74, 6) is -0.171. The standard InChI is InChI=1S/C17H19N5O2/c23-15-3-1-2-10-8-11(4-5-13(10)20-15)19-17(24)16-12-9-18-7-6-14(12)21-22-16/h4-5,8,18H,1-3,6-7,9H2,(H,19,24)(H,20,23)(H,21,22). The predicted octanol–water partition coefficient (Wildman–Crippen LogP) is 1.58. The van der Waals surface area contributed by atoms with Gasteiger partial charge in [0.2, 0.25) is 5.91 Å². The SMILES string of the molecule is O=C1CCCc2cc(NC(=O)c3n[nH]c4c3CNCC4)ccc2N1. The summed E-state index contributed by atoms with van der Waals surface area (Å²) in [6.07, 6.45) is 3.02. The first-order chi connectivity index (χ1) is 11.7. The van der Waals surface area contributed by atoms with Gasteiger partial charge in [-0.05, 0) is 36.6 Å². The van der Waals surface area contributed by atoms with E-state index in [0.29, 0.717) is 18.7 Å². The van der Waals surface area contributed by atoms with E-state index in [1.165, 1.54) is 0 Å². The van der Waals surface area contributed by atoms with Crippen LogP contribution >= 0.6 is 0 Å².